The number of carbonyl (C=O) groups is 1. The van der Waals surface area contributed by atoms with Crippen molar-refractivity contribution in [2.75, 3.05) is 13.1 Å². The zero-order valence-electron chi connectivity index (χ0n) is 7.07. The van der Waals surface area contributed by atoms with Crippen LogP contribution in [0.2, 0.25) is 0 Å². The van der Waals surface area contributed by atoms with E-state index in [1.54, 1.807) is 0 Å². The maximum absolute atomic E-state index is 12.0. The van der Waals surface area contributed by atoms with Crippen molar-refractivity contribution in [3.8, 4) is 0 Å². The molecule has 0 aromatic carbocycles. The van der Waals surface area contributed by atoms with Crippen LogP contribution in [0.1, 0.15) is 0 Å². The van der Waals surface area contributed by atoms with Gasteiger partial charge in [0.15, 0.2) is 5.92 Å². The monoisotopic (exact) mass is 275 g/mol. The molecule has 0 aliphatic rings. The van der Waals surface area contributed by atoms with Gasteiger partial charge in [-0.1, -0.05) is 22.5 Å². The van der Waals surface area contributed by atoms with E-state index in [-0.39, 0.29) is 6.54 Å². The van der Waals surface area contributed by atoms with Crippen LogP contribution < -0.4 is 5.32 Å². The Morgan fingerprint density at radius 2 is 2.07 bits per heavy atom. The lowest BCUT2D eigenvalue weighted by Crippen LogP contribution is -2.39. The molecule has 0 aliphatic carbocycles. The molecule has 0 spiro atoms. The van der Waals surface area contributed by atoms with Gasteiger partial charge in [-0.15, -0.1) is 0 Å². The Balaban J connectivity index is 4.13. The number of carboxylic acids is 1. The Kier molecular flexibility index (Phi) is 5.14. The van der Waals surface area contributed by atoms with Gasteiger partial charge in [-0.05, 0) is 0 Å². The van der Waals surface area contributed by atoms with E-state index in [9.17, 15) is 18.0 Å². The van der Waals surface area contributed by atoms with E-state index >= 15 is 0 Å². The molecule has 0 aromatic heterocycles. The lowest BCUT2D eigenvalue weighted by Gasteiger charge is -2.16. The Labute approximate surface area is 87.1 Å². The smallest absolute Gasteiger partial charge is 0.403 e. The molecule has 3 nitrogen and oxygen atoms in total. The molecule has 0 amide bonds. The molecule has 14 heavy (non-hydrogen) atoms. The van der Waals surface area contributed by atoms with E-state index in [0.717, 1.165) is 0 Å². The highest BCUT2D eigenvalue weighted by Gasteiger charge is 2.44. The lowest BCUT2D eigenvalue weighted by atomic mass is 10.1. The molecule has 7 heteroatoms. The van der Waals surface area contributed by atoms with Gasteiger partial charge < -0.3 is 10.4 Å². The Bertz CT molecular complexity index is 229. The van der Waals surface area contributed by atoms with Gasteiger partial charge in [0.25, 0.3) is 0 Å². The Morgan fingerprint density at radius 1 is 1.57 bits per heavy atom. The molecule has 0 aliphatic heterocycles. The standard InChI is InChI=1S/C7H9BrF3NO2/c1-4(8)2-12-3-5(6(13)14)7(9,10)11/h5,12H,1-3H2,(H,13,14). The Morgan fingerprint density at radius 3 is 2.36 bits per heavy atom. The summed E-state index contributed by atoms with van der Waals surface area (Å²) in [7, 11) is 0. The highest BCUT2D eigenvalue weighted by molar-refractivity contribution is 9.11. The summed E-state index contributed by atoms with van der Waals surface area (Å²) in [5, 5.41) is 10.6. The third-order valence-electron chi connectivity index (χ3n) is 1.36. The minimum Gasteiger partial charge on any atom is -0.481 e. The number of alkyl halides is 3. The molecule has 0 bridgehead atoms. The van der Waals surface area contributed by atoms with Crippen LogP contribution in [0.25, 0.3) is 0 Å². The average Bonchev–Trinajstić information content (AvgIpc) is 1.94. The quantitative estimate of drug-likeness (QED) is 0.804. The molecule has 0 fully saturated rings. The summed E-state index contributed by atoms with van der Waals surface area (Å²) in [5.41, 5.74) is 0. The van der Waals surface area contributed by atoms with E-state index < -0.39 is 24.6 Å². The van der Waals surface area contributed by atoms with Gasteiger partial charge in [-0.25, -0.2) is 0 Å². The highest BCUT2D eigenvalue weighted by atomic mass is 79.9. The summed E-state index contributed by atoms with van der Waals surface area (Å²) in [6.45, 7) is 2.82. The minimum atomic E-state index is -4.73. The normalized spacial score (nSPS) is 13.7. The van der Waals surface area contributed by atoms with E-state index in [1.165, 1.54) is 0 Å². The van der Waals surface area contributed by atoms with Crippen molar-refractivity contribution in [3.63, 3.8) is 0 Å². The van der Waals surface area contributed by atoms with Crippen molar-refractivity contribution in [2.24, 2.45) is 5.92 Å². The largest absolute Gasteiger partial charge is 0.481 e. The summed E-state index contributed by atoms with van der Waals surface area (Å²) in [6.07, 6.45) is -4.73. The number of rotatable bonds is 5. The summed E-state index contributed by atoms with van der Waals surface area (Å²) < 4.78 is 36.6. The number of halogens is 4. The van der Waals surface area contributed by atoms with Crippen molar-refractivity contribution in [1.29, 1.82) is 0 Å². The first kappa shape index (κ1) is 13.4. The maximum Gasteiger partial charge on any atom is 0.403 e. The second-order valence-electron chi connectivity index (χ2n) is 2.58. The van der Waals surface area contributed by atoms with Crippen LogP contribution in [0, 0.1) is 5.92 Å². The molecule has 0 saturated carbocycles. The van der Waals surface area contributed by atoms with Crippen LogP contribution >= 0.6 is 15.9 Å². The fraction of sp³-hybridized carbons (Fsp3) is 0.571. The molecule has 0 rings (SSSR count). The van der Waals surface area contributed by atoms with Gasteiger partial charge in [0.05, 0.1) is 0 Å². The minimum absolute atomic E-state index is 0.0971. The first-order chi connectivity index (χ1) is 6.25. The Hall–Kier alpha value is -0.560. The second-order valence-corrected chi connectivity index (χ2v) is 3.70. The topological polar surface area (TPSA) is 49.3 Å². The van der Waals surface area contributed by atoms with Crippen LogP contribution in [0.4, 0.5) is 13.2 Å². The van der Waals surface area contributed by atoms with E-state index in [2.05, 4.69) is 27.8 Å². The molecule has 0 radical (unpaired) electrons. The van der Waals surface area contributed by atoms with Crippen LogP contribution in [0.3, 0.4) is 0 Å². The van der Waals surface area contributed by atoms with Crippen LogP contribution in [-0.2, 0) is 4.79 Å². The zero-order chi connectivity index (χ0) is 11.4. The number of aliphatic carboxylic acids is 1. The molecule has 0 saturated heterocycles. The van der Waals surface area contributed by atoms with Gasteiger partial charge in [-0.3, -0.25) is 4.79 Å². The molecule has 82 valence electrons. The van der Waals surface area contributed by atoms with Crippen LogP contribution in [-0.4, -0.2) is 30.3 Å². The molecule has 1 atom stereocenters. The number of carboxylic acid groups (broad SMARTS) is 1. The molecule has 0 aromatic rings. The lowest BCUT2D eigenvalue weighted by molar-refractivity contribution is -0.192. The van der Waals surface area contributed by atoms with Gasteiger partial charge >= 0.3 is 12.1 Å². The van der Waals surface area contributed by atoms with Crippen LogP contribution in [0.5, 0.6) is 0 Å². The summed E-state index contributed by atoms with van der Waals surface area (Å²) in [4.78, 5) is 10.2. The maximum atomic E-state index is 12.0. The number of hydrogen-bond donors (Lipinski definition) is 2. The first-order valence-corrected chi connectivity index (χ1v) is 4.38. The van der Waals surface area contributed by atoms with E-state index in [4.69, 9.17) is 5.11 Å². The van der Waals surface area contributed by atoms with Crippen molar-refractivity contribution < 1.29 is 23.1 Å². The number of hydrogen-bond acceptors (Lipinski definition) is 2. The second kappa shape index (κ2) is 5.35. The third kappa shape index (κ3) is 5.23. The summed E-state index contributed by atoms with van der Waals surface area (Å²) >= 11 is 2.93. The van der Waals surface area contributed by atoms with Gasteiger partial charge in [0, 0.05) is 17.6 Å². The molecular weight excluding hydrogens is 267 g/mol. The van der Waals surface area contributed by atoms with E-state index in [1.807, 2.05) is 0 Å². The average molecular weight is 276 g/mol. The molecule has 1 unspecified atom stereocenters. The SMILES string of the molecule is C=C(Br)CNCC(C(=O)O)C(F)(F)F. The number of nitrogens with one attached hydrogen (secondary N) is 1. The summed E-state index contributed by atoms with van der Waals surface area (Å²) in [5.74, 6) is -4.26. The van der Waals surface area contributed by atoms with Gasteiger partial charge in [0.1, 0.15) is 0 Å². The fourth-order valence-electron chi connectivity index (χ4n) is 0.695. The van der Waals surface area contributed by atoms with Gasteiger partial charge in [0.2, 0.25) is 0 Å². The third-order valence-corrected chi connectivity index (χ3v) is 1.64. The van der Waals surface area contributed by atoms with E-state index in [0.29, 0.717) is 4.48 Å². The van der Waals surface area contributed by atoms with Gasteiger partial charge in [-0.2, -0.15) is 13.2 Å². The first-order valence-electron chi connectivity index (χ1n) is 3.58. The molecule has 2 N–H and O–H groups in total. The van der Waals surface area contributed by atoms with Crippen molar-refractivity contribution >= 4 is 21.9 Å². The van der Waals surface area contributed by atoms with Crippen molar-refractivity contribution in [1.82, 2.24) is 5.32 Å². The zero-order valence-corrected chi connectivity index (χ0v) is 8.65. The predicted octanol–water partition coefficient (Wildman–Crippen LogP) is 1.75. The fourth-order valence-corrected chi connectivity index (χ4v) is 0.893. The predicted molar refractivity (Wildman–Crippen MR) is 48.1 cm³/mol. The van der Waals surface area contributed by atoms with Crippen molar-refractivity contribution in [2.45, 2.75) is 6.18 Å². The van der Waals surface area contributed by atoms with Crippen LogP contribution in [0.15, 0.2) is 11.1 Å². The highest BCUT2D eigenvalue weighted by Crippen LogP contribution is 2.25. The molecule has 0 heterocycles. The van der Waals surface area contributed by atoms with Crippen molar-refractivity contribution in [3.05, 3.63) is 11.1 Å². The summed E-state index contributed by atoms with van der Waals surface area (Å²) in [6, 6.07) is 0. The molecular formula is C7H9BrF3NO2.